The molecule has 4 nitrogen and oxygen atoms in total. The van der Waals surface area contributed by atoms with Gasteiger partial charge in [0.1, 0.15) is 0 Å². The van der Waals surface area contributed by atoms with Crippen LogP contribution in [0.15, 0.2) is 27.4 Å². The maximum atomic E-state index is 11.0. The highest BCUT2D eigenvalue weighted by Gasteiger charge is 2.03. The average Bonchev–Trinajstić information content (AvgIpc) is 2.65. The molecule has 0 aliphatic carbocycles. The van der Waals surface area contributed by atoms with E-state index in [-0.39, 0.29) is 0 Å². The van der Waals surface area contributed by atoms with Crippen molar-refractivity contribution in [2.45, 2.75) is 6.42 Å². The normalized spacial score (nSPS) is 11.4. The number of aromatic amines is 1. The van der Waals surface area contributed by atoms with E-state index in [0.717, 1.165) is 23.9 Å². The van der Waals surface area contributed by atoms with Crippen molar-refractivity contribution in [2.24, 2.45) is 0 Å². The molecule has 0 aliphatic rings. The highest BCUT2D eigenvalue weighted by molar-refractivity contribution is 9.09. The van der Waals surface area contributed by atoms with Gasteiger partial charge in [-0.05, 0) is 31.2 Å². The first-order chi connectivity index (χ1) is 7.69. The number of nitrogens with one attached hydrogen (secondary N) is 1. The van der Waals surface area contributed by atoms with E-state index in [0.29, 0.717) is 5.58 Å². The van der Waals surface area contributed by atoms with Crippen LogP contribution in [0.3, 0.4) is 0 Å². The van der Waals surface area contributed by atoms with Gasteiger partial charge >= 0.3 is 5.76 Å². The fraction of sp³-hybridized carbons (Fsp3) is 0.364. The lowest BCUT2D eigenvalue weighted by Gasteiger charge is -2.11. The second-order valence-corrected chi connectivity index (χ2v) is 4.30. The van der Waals surface area contributed by atoms with Crippen LogP contribution in [-0.4, -0.2) is 28.9 Å². The van der Waals surface area contributed by atoms with Crippen LogP contribution < -0.4 is 5.76 Å². The Kier molecular flexibility index (Phi) is 3.46. The van der Waals surface area contributed by atoms with E-state index in [9.17, 15) is 4.79 Å². The summed E-state index contributed by atoms with van der Waals surface area (Å²) in [6, 6.07) is 5.80. The van der Waals surface area contributed by atoms with Crippen molar-refractivity contribution in [3.63, 3.8) is 0 Å². The van der Waals surface area contributed by atoms with Gasteiger partial charge in [-0.2, -0.15) is 0 Å². The quantitative estimate of drug-likeness (QED) is 0.690. The molecule has 86 valence electrons. The molecule has 2 aromatic rings. The third-order valence-electron chi connectivity index (χ3n) is 2.47. The lowest BCUT2D eigenvalue weighted by molar-refractivity contribution is 0.401. The molecule has 1 aromatic carbocycles. The predicted molar refractivity (Wildman–Crippen MR) is 67.0 cm³/mol. The standard InChI is InChI=1S/C11H13BrN2O2/c1-14(7-12)5-4-8-2-3-9-10(6-8)16-11(15)13-9/h2-3,6H,4-5,7H2,1H3,(H,13,15). The summed E-state index contributed by atoms with van der Waals surface area (Å²) in [5.74, 6) is -0.398. The summed E-state index contributed by atoms with van der Waals surface area (Å²) in [5.41, 5.74) is 3.41. The number of halogens is 1. The zero-order valence-corrected chi connectivity index (χ0v) is 10.6. The molecule has 0 fully saturated rings. The van der Waals surface area contributed by atoms with Crippen LogP contribution in [0.4, 0.5) is 0 Å². The first-order valence-corrected chi connectivity index (χ1v) is 6.17. The number of hydrogen-bond donors (Lipinski definition) is 1. The second kappa shape index (κ2) is 4.84. The molecule has 1 N–H and O–H groups in total. The van der Waals surface area contributed by atoms with Crippen LogP contribution in [0.5, 0.6) is 0 Å². The first-order valence-electron chi connectivity index (χ1n) is 5.05. The number of H-pyrrole nitrogens is 1. The Morgan fingerprint density at radius 1 is 1.50 bits per heavy atom. The molecule has 16 heavy (non-hydrogen) atoms. The molecule has 0 unspecified atom stereocenters. The molecule has 2 rings (SSSR count). The molecule has 0 saturated heterocycles. The number of oxazole rings is 1. The third-order valence-corrected chi connectivity index (χ3v) is 3.33. The molecular weight excluding hydrogens is 272 g/mol. The Bertz CT molecular complexity index is 532. The van der Waals surface area contributed by atoms with Gasteiger partial charge in [-0.3, -0.25) is 9.88 Å². The Labute approximate surface area is 101 Å². The van der Waals surface area contributed by atoms with Gasteiger partial charge in [-0.25, -0.2) is 4.79 Å². The molecule has 0 aliphatic heterocycles. The van der Waals surface area contributed by atoms with E-state index in [4.69, 9.17) is 4.42 Å². The van der Waals surface area contributed by atoms with E-state index >= 15 is 0 Å². The van der Waals surface area contributed by atoms with Crippen molar-refractivity contribution in [1.82, 2.24) is 9.88 Å². The zero-order chi connectivity index (χ0) is 11.5. The van der Waals surface area contributed by atoms with Gasteiger partial charge in [0.05, 0.1) is 11.0 Å². The monoisotopic (exact) mass is 284 g/mol. The maximum Gasteiger partial charge on any atom is 0.417 e. The summed E-state index contributed by atoms with van der Waals surface area (Å²) in [5, 5.41) is 0. The molecule has 0 atom stereocenters. The highest BCUT2D eigenvalue weighted by Crippen LogP contribution is 2.13. The minimum Gasteiger partial charge on any atom is -0.408 e. The van der Waals surface area contributed by atoms with Gasteiger partial charge in [-0.1, -0.05) is 22.0 Å². The summed E-state index contributed by atoms with van der Waals surface area (Å²) in [7, 11) is 2.05. The fourth-order valence-corrected chi connectivity index (χ4v) is 1.78. The Hall–Kier alpha value is -1.07. The average molecular weight is 285 g/mol. The van der Waals surface area contributed by atoms with E-state index in [2.05, 4.69) is 25.8 Å². The SMILES string of the molecule is CN(CBr)CCc1ccc2[nH]c(=O)oc2c1. The Morgan fingerprint density at radius 2 is 2.31 bits per heavy atom. The van der Waals surface area contributed by atoms with Gasteiger partial charge in [0.15, 0.2) is 5.58 Å². The predicted octanol–water partition coefficient (Wildman–Crippen LogP) is 1.95. The third kappa shape index (κ3) is 2.54. The van der Waals surface area contributed by atoms with Crippen LogP contribution in [0.25, 0.3) is 11.1 Å². The van der Waals surface area contributed by atoms with E-state index in [1.165, 1.54) is 5.56 Å². The number of aromatic nitrogens is 1. The summed E-state index contributed by atoms with van der Waals surface area (Å²) in [6.45, 7) is 0.964. The van der Waals surface area contributed by atoms with Gasteiger partial charge in [0.25, 0.3) is 0 Å². The molecule has 0 amide bonds. The summed E-state index contributed by atoms with van der Waals surface area (Å²) in [4.78, 5) is 15.8. The van der Waals surface area contributed by atoms with Crippen molar-refractivity contribution in [2.75, 3.05) is 19.0 Å². The van der Waals surface area contributed by atoms with Crippen LogP contribution >= 0.6 is 15.9 Å². The molecule has 1 aromatic heterocycles. The number of alkyl halides is 1. The molecule has 0 radical (unpaired) electrons. The van der Waals surface area contributed by atoms with Crippen molar-refractivity contribution < 1.29 is 4.42 Å². The number of rotatable bonds is 4. The van der Waals surface area contributed by atoms with Crippen molar-refractivity contribution in [1.29, 1.82) is 0 Å². The van der Waals surface area contributed by atoms with E-state index < -0.39 is 5.76 Å². The summed E-state index contributed by atoms with van der Waals surface area (Å²) < 4.78 is 5.01. The Morgan fingerprint density at radius 3 is 3.06 bits per heavy atom. The van der Waals surface area contributed by atoms with Gasteiger partial charge in [-0.15, -0.1) is 0 Å². The maximum absolute atomic E-state index is 11.0. The van der Waals surface area contributed by atoms with Crippen LogP contribution in [0.1, 0.15) is 5.56 Å². The number of fused-ring (bicyclic) bond motifs is 1. The van der Waals surface area contributed by atoms with Crippen LogP contribution in [0, 0.1) is 0 Å². The minimum absolute atomic E-state index is 0.398. The molecule has 0 spiro atoms. The van der Waals surface area contributed by atoms with E-state index in [1.807, 2.05) is 25.2 Å². The van der Waals surface area contributed by atoms with Crippen LogP contribution in [-0.2, 0) is 6.42 Å². The Balaban J connectivity index is 2.16. The van der Waals surface area contributed by atoms with Crippen molar-refractivity contribution in [3.8, 4) is 0 Å². The zero-order valence-electron chi connectivity index (χ0n) is 9.00. The van der Waals surface area contributed by atoms with Crippen molar-refractivity contribution >= 4 is 27.0 Å². The number of likely N-dealkylation sites (N-methyl/N-ethyl adjacent to an activating group) is 1. The molecule has 0 saturated carbocycles. The first kappa shape index (κ1) is 11.4. The largest absolute Gasteiger partial charge is 0.417 e. The smallest absolute Gasteiger partial charge is 0.408 e. The summed E-state index contributed by atoms with van der Waals surface area (Å²) >= 11 is 3.39. The molecule has 5 heteroatoms. The number of benzene rings is 1. The van der Waals surface area contributed by atoms with Gasteiger partial charge in [0, 0.05) is 6.54 Å². The molecular formula is C11H13BrN2O2. The van der Waals surface area contributed by atoms with Gasteiger partial charge in [0.2, 0.25) is 0 Å². The lowest BCUT2D eigenvalue weighted by Crippen LogP contribution is -2.18. The fourth-order valence-electron chi connectivity index (χ4n) is 1.53. The van der Waals surface area contributed by atoms with Gasteiger partial charge < -0.3 is 4.42 Å². The molecule has 1 heterocycles. The summed E-state index contributed by atoms with van der Waals surface area (Å²) in [6.07, 6.45) is 0.937. The molecule has 0 bridgehead atoms. The minimum atomic E-state index is -0.398. The lowest BCUT2D eigenvalue weighted by atomic mass is 10.1. The number of nitrogens with zero attached hydrogens (tertiary/aromatic N) is 1. The topological polar surface area (TPSA) is 49.2 Å². The second-order valence-electron chi connectivity index (χ2n) is 3.79. The highest BCUT2D eigenvalue weighted by atomic mass is 79.9. The van der Waals surface area contributed by atoms with Crippen molar-refractivity contribution in [3.05, 3.63) is 34.3 Å². The number of hydrogen-bond acceptors (Lipinski definition) is 3. The van der Waals surface area contributed by atoms with E-state index in [1.54, 1.807) is 0 Å². The van der Waals surface area contributed by atoms with Crippen LogP contribution in [0.2, 0.25) is 0 Å².